The maximum absolute atomic E-state index is 13.8. The third kappa shape index (κ3) is 2.69. The number of hydrogen-bond acceptors (Lipinski definition) is 4. The van der Waals surface area contributed by atoms with Crippen LogP contribution in [0.15, 0.2) is 34.8 Å². The molecule has 6 nitrogen and oxygen atoms in total. The molecule has 0 aliphatic carbocycles. The molecule has 3 rings (SSSR count). The van der Waals surface area contributed by atoms with Gasteiger partial charge in [0.25, 0.3) is 5.91 Å². The molecule has 0 fully saturated rings. The van der Waals surface area contributed by atoms with E-state index >= 15 is 0 Å². The van der Waals surface area contributed by atoms with Gasteiger partial charge in [-0.3, -0.25) is 9.69 Å². The Bertz CT molecular complexity index is 967. The monoisotopic (exact) mass is 441 g/mol. The molecule has 2 atom stereocenters. The Morgan fingerprint density at radius 1 is 1.30 bits per heavy atom. The molecule has 1 aliphatic rings. The number of rotatable bonds is 4. The first-order chi connectivity index (χ1) is 12.6. The van der Waals surface area contributed by atoms with E-state index < -0.39 is 46.5 Å². The zero-order valence-corrected chi connectivity index (χ0v) is 15.5. The number of aromatic hydroxyl groups is 1. The molecule has 0 saturated carbocycles. The average Bonchev–Trinajstić information content (AvgIpc) is 2.82. The minimum absolute atomic E-state index is 0.0346. The van der Waals surface area contributed by atoms with Crippen molar-refractivity contribution in [3.05, 3.63) is 57.6 Å². The zero-order valence-electron chi connectivity index (χ0n) is 13.9. The molecule has 27 heavy (non-hydrogen) atoms. The first-order valence-corrected chi connectivity index (χ1v) is 8.70. The summed E-state index contributed by atoms with van der Waals surface area (Å²) in [4.78, 5) is 25.7. The van der Waals surface area contributed by atoms with Crippen LogP contribution in [-0.4, -0.2) is 33.2 Å². The Hall–Kier alpha value is -2.52. The molecule has 1 heterocycles. The average molecular weight is 442 g/mol. The van der Waals surface area contributed by atoms with Crippen molar-refractivity contribution in [3.63, 3.8) is 0 Å². The SMILES string of the molecule is CCC(C(=O)O)N1C(=O)C(O)(c2cc(F)c(F)cc2O)c2c(Br)cccc21. The Morgan fingerprint density at radius 3 is 2.52 bits per heavy atom. The lowest BCUT2D eigenvalue weighted by Gasteiger charge is -2.27. The first kappa shape index (κ1) is 19.2. The summed E-state index contributed by atoms with van der Waals surface area (Å²) in [6.45, 7) is 1.55. The van der Waals surface area contributed by atoms with E-state index in [1.54, 1.807) is 6.92 Å². The number of phenols is 1. The number of anilines is 1. The van der Waals surface area contributed by atoms with Crippen molar-refractivity contribution in [1.82, 2.24) is 0 Å². The molecular formula is C18H14BrF2NO5. The fourth-order valence-electron chi connectivity index (χ4n) is 3.32. The van der Waals surface area contributed by atoms with Crippen LogP contribution in [0.25, 0.3) is 0 Å². The van der Waals surface area contributed by atoms with Crippen LogP contribution >= 0.6 is 15.9 Å². The Kier molecular flexibility index (Phi) is 4.69. The van der Waals surface area contributed by atoms with Crippen LogP contribution in [0.3, 0.4) is 0 Å². The van der Waals surface area contributed by atoms with Gasteiger partial charge in [-0.1, -0.05) is 28.9 Å². The van der Waals surface area contributed by atoms with E-state index in [0.717, 1.165) is 4.90 Å². The van der Waals surface area contributed by atoms with Gasteiger partial charge in [0.15, 0.2) is 11.6 Å². The number of amides is 1. The van der Waals surface area contributed by atoms with Crippen LogP contribution in [0.5, 0.6) is 5.75 Å². The van der Waals surface area contributed by atoms with E-state index in [9.17, 15) is 33.7 Å². The van der Waals surface area contributed by atoms with E-state index in [0.29, 0.717) is 12.1 Å². The second-order valence-electron chi connectivity index (χ2n) is 6.07. The standard InChI is InChI=1S/C18H14BrF2NO5/c1-2-12(16(24)25)22-13-5-3-4-9(19)15(13)18(27,17(22)26)8-6-10(20)11(21)7-14(8)23/h3-7,12,23,27H,2H2,1H3,(H,24,25). The number of phenolic OH excluding ortho intramolecular Hbond substituents is 1. The number of aliphatic hydroxyl groups is 1. The smallest absolute Gasteiger partial charge is 0.326 e. The quantitative estimate of drug-likeness (QED) is 0.677. The minimum Gasteiger partial charge on any atom is -0.507 e. The summed E-state index contributed by atoms with van der Waals surface area (Å²) >= 11 is 3.21. The van der Waals surface area contributed by atoms with E-state index in [4.69, 9.17) is 0 Å². The third-order valence-corrected chi connectivity index (χ3v) is 5.21. The summed E-state index contributed by atoms with van der Waals surface area (Å²) in [5, 5.41) is 30.9. The summed E-state index contributed by atoms with van der Waals surface area (Å²) in [5.74, 6) is -5.94. The zero-order chi connectivity index (χ0) is 20.1. The number of carboxylic acids is 1. The lowest BCUT2D eigenvalue weighted by Crippen LogP contribution is -2.48. The highest BCUT2D eigenvalue weighted by molar-refractivity contribution is 9.10. The molecule has 0 spiro atoms. The van der Waals surface area contributed by atoms with Crippen LogP contribution in [0.1, 0.15) is 24.5 Å². The van der Waals surface area contributed by atoms with Gasteiger partial charge in [-0.25, -0.2) is 13.6 Å². The second kappa shape index (κ2) is 6.58. The lowest BCUT2D eigenvalue weighted by molar-refractivity contribution is -0.142. The molecule has 0 radical (unpaired) electrons. The minimum atomic E-state index is -2.60. The van der Waals surface area contributed by atoms with Crippen LogP contribution in [-0.2, 0) is 15.2 Å². The van der Waals surface area contributed by atoms with Gasteiger partial charge in [0.05, 0.1) is 5.69 Å². The van der Waals surface area contributed by atoms with Crippen molar-refractivity contribution in [2.75, 3.05) is 4.90 Å². The number of halogens is 3. The van der Waals surface area contributed by atoms with Gasteiger partial charge >= 0.3 is 5.97 Å². The summed E-state index contributed by atoms with van der Waals surface area (Å²) in [6, 6.07) is 4.14. The number of aliphatic carboxylic acids is 1. The molecule has 0 aromatic heterocycles. The molecule has 1 amide bonds. The van der Waals surface area contributed by atoms with Crippen molar-refractivity contribution in [2.45, 2.75) is 25.0 Å². The fourth-order valence-corrected chi connectivity index (χ4v) is 3.96. The maximum atomic E-state index is 13.8. The van der Waals surface area contributed by atoms with Gasteiger partial charge in [0.1, 0.15) is 11.8 Å². The number of carbonyl (C=O) groups excluding carboxylic acids is 1. The molecule has 0 bridgehead atoms. The number of carbonyl (C=O) groups is 2. The number of benzene rings is 2. The summed E-state index contributed by atoms with van der Waals surface area (Å²) in [7, 11) is 0. The third-order valence-electron chi connectivity index (χ3n) is 4.55. The van der Waals surface area contributed by atoms with Gasteiger partial charge in [-0.15, -0.1) is 0 Å². The first-order valence-electron chi connectivity index (χ1n) is 7.90. The highest BCUT2D eigenvalue weighted by Gasteiger charge is 2.56. The van der Waals surface area contributed by atoms with E-state index in [-0.39, 0.29) is 22.1 Å². The number of nitrogens with zero attached hydrogens (tertiary/aromatic N) is 1. The molecule has 2 unspecified atom stereocenters. The highest BCUT2D eigenvalue weighted by atomic mass is 79.9. The number of hydrogen-bond donors (Lipinski definition) is 3. The van der Waals surface area contributed by atoms with Gasteiger partial charge in [0, 0.05) is 21.7 Å². The maximum Gasteiger partial charge on any atom is 0.326 e. The Labute approximate surface area is 160 Å². The normalized spacial score (nSPS) is 19.9. The summed E-state index contributed by atoms with van der Waals surface area (Å²) < 4.78 is 27.5. The number of carboxylic acid groups (broad SMARTS) is 1. The molecule has 0 saturated heterocycles. The van der Waals surface area contributed by atoms with Crippen molar-refractivity contribution < 1.29 is 33.7 Å². The van der Waals surface area contributed by atoms with Gasteiger partial charge < -0.3 is 15.3 Å². The molecule has 2 aromatic rings. The lowest BCUT2D eigenvalue weighted by atomic mass is 9.86. The molecule has 2 aromatic carbocycles. The second-order valence-corrected chi connectivity index (χ2v) is 6.92. The van der Waals surface area contributed by atoms with Gasteiger partial charge in [-0.2, -0.15) is 0 Å². The summed E-state index contributed by atoms with van der Waals surface area (Å²) in [5.41, 5.74) is -3.15. The van der Waals surface area contributed by atoms with Gasteiger partial charge in [0.2, 0.25) is 5.60 Å². The van der Waals surface area contributed by atoms with E-state index in [1.807, 2.05) is 0 Å². The predicted molar refractivity (Wildman–Crippen MR) is 94.4 cm³/mol. The van der Waals surface area contributed by atoms with E-state index in [1.165, 1.54) is 18.2 Å². The topological polar surface area (TPSA) is 98.1 Å². The van der Waals surface area contributed by atoms with Gasteiger partial charge in [-0.05, 0) is 24.6 Å². The fraction of sp³-hybridized carbons (Fsp3) is 0.222. The predicted octanol–water partition coefficient (Wildman–Crippen LogP) is 2.88. The van der Waals surface area contributed by atoms with Crippen LogP contribution < -0.4 is 4.90 Å². The molecule has 9 heteroatoms. The van der Waals surface area contributed by atoms with Crippen molar-refractivity contribution >= 4 is 33.5 Å². The highest BCUT2D eigenvalue weighted by Crippen LogP contribution is 2.50. The van der Waals surface area contributed by atoms with Crippen molar-refractivity contribution in [3.8, 4) is 5.75 Å². The largest absolute Gasteiger partial charge is 0.507 e. The molecule has 142 valence electrons. The Morgan fingerprint density at radius 2 is 1.93 bits per heavy atom. The van der Waals surface area contributed by atoms with Crippen LogP contribution in [0, 0.1) is 11.6 Å². The summed E-state index contributed by atoms with van der Waals surface area (Å²) in [6.07, 6.45) is 0.0346. The van der Waals surface area contributed by atoms with Crippen LogP contribution in [0.2, 0.25) is 0 Å². The van der Waals surface area contributed by atoms with Crippen molar-refractivity contribution in [1.29, 1.82) is 0 Å². The van der Waals surface area contributed by atoms with Crippen molar-refractivity contribution in [2.24, 2.45) is 0 Å². The van der Waals surface area contributed by atoms with E-state index in [2.05, 4.69) is 15.9 Å². The number of fused-ring (bicyclic) bond motifs is 1. The Balaban J connectivity index is 2.34. The van der Waals surface area contributed by atoms with Crippen LogP contribution in [0.4, 0.5) is 14.5 Å². The molecule has 1 aliphatic heterocycles. The molecule has 3 N–H and O–H groups in total. The molecular weight excluding hydrogens is 428 g/mol.